The number of aromatic nitrogens is 1. The molecular formula is C20H17N3O6S. The topological polar surface area (TPSA) is 125 Å². The molecule has 2 aromatic carbocycles. The van der Waals surface area contributed by atoms with Gasteiger partial charge in [0.05, 0.1) is 15.4 Å². The summed E-state index contributed by atoms with van der Waals surface area (Å²) in [5, 5.41) is 17.5. The van der Waals surface area contributed by atoms with E-state index in [4.69, 9.17) is 9.26 Å². The highest BCUT2D eigenvalue weighted by atomic mass is 32.2. The van der Waals surface area contributed by atoms with Crippen LogP contribution in [0.3, 0.4) is 0 Å². The summed E-state index contributed by atoms with van der Waals surface area (Å²) >= 11 is 1.19. The molecule has 30 heavy (non-hydrogen) atoms. The van der Waals surface area contributed by atoms with Gasteiger partial charge in [0.25, 0.3) is 11.6 Å². The Morgan fingerprint density at radius 3 is 2.53 bits per heavy atom. The van der Waals surface area contributed by atoms with Crippen molar-refractivity contribution in [2.45, 2.75) is 17.9 Å². The minimum Gasteiger partial charge on any atom is -0.444 e. The third-order valence-corrected chi connectivity index (χ3v) is 4.84. The molecule has 0 aliphatic carbocycles. The first-order valence-electron chi connectivity index (χ1n) is 8.71. The lowest BCUT2D eigenvalue weighted by atomic mass is 10.1. The molecule has 9 nitrogen and oxygen atoms in total. The molecule has 1 N–H and O–H groups in total. The summed E-state index contributed by atoms with van der Waals surface area (Å²) in [5.74, 6) is -0.835. The van der Waals surface area contributed by atoms with Crippen molar-refractivity contribution in [1.82, 2.24) is 5.16 Å². The van der Waals surface area contributed by atoms with E-state index in [0.29, 0.717) is 16.2 Å². The van der Waals surface area contributed by atoms with Crippen LogP contribution in [0.5, 0.6) is 0 Å². The number of nitro groups is 1. The molecule has 1 amide bonds. The average Bonchev–Trinajstić information content (AvgIpc) is 3.16. The van der Waals surface area contributed by atoms with Crippen LogP contribution in [0.15, 0.2) is 64.0 Å². The van der Waals surface area contributed by atoms with Crippen molar-refractivity contribution in [2.24, 2.45) is 0 Å². The lowest BCUT2D eigenvalue weighted by Crippen LogP contribution is -2.26. The summed E-state index contributed by atoms with van der Waals surface area (Å²) in [5.41, 5.74) is 0.181. The van der Waals surface area contributed by atoms with Gasteiger partial charge in [-0.05, 0) is 25.3 Å². The normalized spacial score (nSPS) is 11.5. The SMILES string of the molecule is CSc1ccc(C(=O)OC(C(=O)Nc2cc(C)on2)c2ccccc2)cc1[N+](=O)[O-]. The number of aryl methyl sites for hydroxylation is 1. The molecule has 0 aliphatic rings. The molecule has 3 aromatic rings. The number of nitrogens with one attached hydrogen (secondary N) is 1. The van der Waals surface area contributed by atoms with Crippen LogP contribution >= 0.6 is 11.8 Å². The maximum absolute atomic E-state index is 12.8. The molecule has 154 valence electrons. The highest BCUT2D eigenvalue weighted by Crippen LogP contribution is 2.29. The smallest absolute Gasteiger partial charge is 0.339 e. The number of amides is 1. The number of anilines is 1. The molecule has 10 heteroatoms. The van der Waals surface area contributed by atoms with Crippen molar-refractivity contribution < 1.29 is 23.8 Å². The lowest BCUT2D eigenvalue weighted by molar-refractivity contribution is -0.387. The zero-order chi connectivity index (χ0) is 21.7. The van der Waals surface area contributed by atoms with Crippen molar-refractivity contribution in [2.75, 3.05) is 11.6 Å². The van der Waals surface area contributed by atoms with Gasteiger partial charge >= 0.3 is 5.97 Å². The van der Waals surface area contributed by atoms with Crippen LogP contribution in [0.1, 0.15) is 27.8 Å². The molecule has 0 saturated carbocycles. The van der Waals surface area contributed by atoms with Gasteiger partial charge < -0.3 is 14.6 Å². The fraction of sp³-hybridized carbons (Fsp3) is 0.150. The quantitative estimate of drug-likeness (QED) is 0.258. The van der Waals surface area contributed by atoms with Crippen molar-refractivity contribution in [1.29, 1.82) is 0 Å². The summed E-state index contributed by atoms with van der Waals surface area (Å²) in [6.07, 6.45) is 0.400. The van der Waals surface area contributed by atoms with E-state index in [-0.39, 0.29) is 17.1 Å². The average molecular weight is 427 g/mol. The van der Waals surface area contributed by atoms with Crippen LogP contribution < -0.4 is 5.32 Å². The van der Waals surface area contributed by atoms with E-state index in [1.807, 2.05) is 0 Å². The minimum atomic E-state index is -1.30. The maximum atomic E-state index is 12.8. The Hall–Kier alpha value is -3.66. The summed E-state index contributed by atoms with van der Waals surface area (Å²) in [7, 11) is 0. The first-order chi connectivity index (χ1) is 14.4. The number of rotatable bonds is 7. The first kappa shape index (κ1) is 21.1. The Labute approximate surface area is 175 Å². The summed E-state index contributed by atoms with van der Waals surface area (Å²) < 4.78 is 10.4. The monoisotopic (exact) mass is 427 g/mol. The number of benzene rings is 2. The molecule has 1 aromatic heterocycles. The van der Waals surface area contributed by atoms with Crippen molar-refractivity contribution in [3.05, 3.63) is 81.6 Å². The number of carbonyl (C=O) groups is 2. The van der Waals surface area contributed by atoms with Gasteiger partial charge in [0, 0.05) is 17.7 Å². The van der Waals surface area contributed by atoms with Gasteiger partial charge in [-0.2, -0.15) is 0 Å². The van der Waals surface area contributed by atoms with Crippen LogP contribution in [0, 0.1) is 17.0 Å². The fourth-order valence-electron chi connectivity index (χ4n) is 2.65. The second kappa shape index (κ2) is 9.23. The number of esters is 1. The van der Waals surface area contributed by atoms with Gasteiger partial charge in [-0.15, -0.1) is 11.8 Å². The van der Waals surface area contributed by atoms with Gasteiger partial charge in [-0.25, -0.2) is 4.79 Å². The Morgan fingerprint density at radius 2 is 1.93 bits per heavy atom. The molecule has 3 rings (SSSR count). The van der Waals surface area contributed by atoms with E-state index in [0.717, 1.165) is 6.07 Å². The number of ether oxygens (including phenoxy) is 1. The molecule has 0 spiro atoms. The Bertz CT molecular complexity index is 1080. The van der Waals surface area contributed by atoms with E-state index in [1.165, 1.54) is 30.0 Å². The highest BCUT2D eigenvalue weighted by molar-refractivity contribution is 7.98. The number of carbonyl (C=O) groups excluding carboxylic acids is 2. The molecule has 0 radical (unpaired) electrons. The minimum absolute atomic E-state index is 0.0366. The number of hydrogen-bond donors (Lipinski definition) is 1. The number of hydrogen-bond acceptors (Lipinski definition) is 8. The predicted octanol–water partition coefficient (Wildman–Crippen LogP) is 4.15. The molecule has 0 bridgehead atoms. The highest BCUT2D eigenvalue weighted by Gasteiger charge is 2.27. The van der Waals surface area contributed by atoms with Gasteiger partial charge in [0.2, 0.25) is 6.10 Å². The second-order valence-corrected chi connectivity index (χ2v) is 7.00. The maximum Gasteiger partial charge on any atom is 0.339 e. The van der Waals surface area contributed by atoms with E-state index in [2.05, 4.69) is 10.5 Å². The molecule has 0 saturated heterocycles. The number of nitrogens with zero attached hydrogens (tertiary/aromatic N) is 2. The van der Waals surface area contributed by atoms with E-state index < -0.39 is 22.9 Å². The molecule has 1 atom stereocenters. The van der Waals surface area contributed by atoms with Gasteiger partial charge in [0.15, 0.2) is 5.82 Å². The molecule has 0 fully saturated rings. The molecule has 0 aliphatic heterocycles. The Balaban J connectivity index is 1.87. The van der Waals surface area contributed by atoms with Crippen molar-refractivity contribution >= 4 is 35.1 Å². The second-order valence-electron chi connectivity index (χ2n) is 6.15. The largest absolute Gasteiger partial charge is 0.444 e. The Morgan fingerprint density at radius 1 is 1.20 bits per heavy atom. The molecular weight excluding hydrogens is 410 g/mol. The van der Waals surface area contributed by atoms with E-state index >= 15 is 0 Å². The van der Waals surface area contributed by atoms with E-state index in [9.17, 15) is 19.7 Å². The summed E-state index contributed by atoms with van der Waals surface area (Å²) in [6, 6.07) is 13.9. The first-order valence-corrected chi connectivity index (χ1v) is 9.94. The number of thioether (sulfide) groups is 1. The Kier molecular flexibility index (Phi) is 6.48. The van der Waals surface area contributed by atoms with Crippen LogP contribution in [-0.4, -0.2) is 28.2 Å². The van der Waals surface area contributed by atoms with Crippen molar-refractivity contribution in [3.63, 3.8) is 0 Å². The standard InChI is InChI=1S/C20H17N3O6S/c1-12-10-17(22-29-12)21-19(24)18(13-6-4-3-5-7-13)28-20(25)14-8-9-16(30-2)15(11-14)23(26)27/h3-11,18H,1-2H3,(H,21,22,24). The van der Waals surface area contributed by atoms with Crippen LogP contribution in [-0.2, 0) is 9.53 Å². The van der Waals surface area contributed by atoms with Crippen LogP contribution in [0.25, 0.3) is 0 Å². The van der Waals surface area contributed by atoms with Crippen LogP contribution in [0.2, 0.25) is 0 Å². The van der Waals surface area contributed by atoms with E-state index in [1.54, 1.807) is 43.5 Å². The zero-order valence-electron chi connectivity index (χ0n) is 16.0. The predicted molar refractivity (Wildman–Crippen MR) is 109 cm³/mol. The third-order valence-electron chi connectivity index (χ3n) is 4.06. The zero-order valence-corrected chi connectivity index (χ0v) is 16.8. The summed E-state index contributed by atoms with van der Waals surface area (Å²) in [4.78, 5) is 36.6. The van der Waals surface area contributed by atoms with Crippen molar-refractivity contribution in [3.8, 4) is 0 Å². The van der Waals surface area contributed by atoms with Gasteiger partial charge in [-0.1, -0.05) is 35.5 Å². The molecule has 1 unspecified atom stereocenters. The summed E-state index contributed by atoms with van der Waals surface area (Å²) in [6.45, 7) is 1.67. The van der Waals surface area contributed by atoms with Gasteiger partial charge in [-0.3, -0.25) is 14.9 Å². The number of nitro benzene ring substituents is 1. The fourth-order valence-corrected chi connectivity index (χ4v) is 3.20. The molecule has 1 heterocycles. The van der Waals surface area contributed by atoms with Crippen LogP contribution in [0.4, 0.5) is 11.5 Å². The van der Waals surface area contributed by atoms with Gasteiger partial charge in [0.1, 0.15) is 5.76 Å². The lowest BCUT2D eigenvalue weighted by Gasteiger charge is -2.17. The third kappa shape index (κ3) is 4.84.